The molecule has 13 rings (SSSR count). The van der Waals surface area contributed by atoms with Gasteiger partial charge in [-0.15, -0.1) is 0 Å². The molecule has 0 spiro atoms. The molecule has 4 aromatic heterocycles. The lowest BCUT2D eigenvalue weighted by atomic mass is 9.91. The highest BCUT2D eigenvalue weighted by atomic mass is 32.2. The molecule has 45 heteroatoms. The van der Waals surface area contributed by atoms with Crippen molar-refractivity contribution in [1.82, 2.24) is 46.1 Å². The van der Waals surface area contributed by atoms with E-state index in [4.69, 9.17) is 31.9 Å². The van der Waals surface area contributed by atoms with Crippen molar-refractivity contribution in [2.45, 2.75) is 138 Å². The predicted molar refractivity (Wildman–Crippen MR) is 458 cm³/mol. The Labute approximate surface area is 712 Å². The third-order valence-electron chi connectivity index (χ3n) is 21.5. The first-order valence-corrected chi connectivity index (χ1v) is 43.9. The van der Waals surface area contributed by atoms with E-state index in [0.29, 0.717) is 39.6 Å². The number of halogens is 4. The molecule has 0 saturated heterocycles. The smallest absolute Gasteiger partial charge is 0.297 e. The number of likely N-dealkylation sites (N-methyl/N-ethyl adjacent to an activating group) is 4. The van der Waals surface area contributed by atoms with Crippen LogP contribution in [-0.4, -0.2) is 200 Å². The molecule has 0 fully saturated rings. The lowest BCUT2D eigenvalue weighted by Crippen LogP contribution is -2.50. The first-order valence-electron chi connectivity index (χ1n) is 37.4. The number of benzene rings is 5. The zero-order valence-corrected chi connectivity index (χ0v) is 74.3. The number of aromatic nitrogens is 6. The van der Waals surface area contributed by atoms with Gasteiger partial charge >= 0.3 is 0 Å². The molecule has 4 aliphatic rings. The average Bonchev–Trinajstić information content (AvgIpc) is 1.62. The molecular weight excluding hydrogens is 1710 g/mol. The van der Waals surface area contributed by atoms with Gasteiger partial charge in [0.05, 0.1) is 17.9 Å². The summed E-state index contributed by atoms with van der Waals surface area (Å²) in [4.78, 5) is 79.5. The van der Waals surface area contributed by atoms with Gasteiger partial charge in [0.25, 0.3) is 29.5 Å². The molecule has 123 heavy (non-hydrogen) atoms. The van der Waals surface area contributed by atoms with Crippen LogP contribution in [0.5, 0.6) is 0 Å². The molecule has 12 N–H and O–H groups in total. The average molecular weight is 1800 g/mol. The number of carbonyl (C=O) groups excluding carboxylic acids is 4. The molecule has 4 aliphatic heterocycles. The third kappa shape index (κ3) is 18.5. The Kier molecular flexibility index (Phi) is 25.9. The van der Waals surface area contributed by atoms with Crippen LogP contribution in [0.1, 0.15) is 159 Å². The van der Waals surface area contributed by atoms with Crippen LogP contribution >= 0.6 is 11.7 Å². The lowest BCUT2D eigenvalue weighted by molar-refractivity contribution is 0.100. The maximum atomic E-state index is 15.0. The summed E-state index contributed by atoms with van der Waals surface area (Å²) in [5.41, 5.74) is 22.4. The molecule has 4 amide bonds. The van der Waals surface area contributed by atoms with Gasteiger partial charge < -0.3 is 53.1 Å². The van der Waals surface area contributed by atoms with Gasteiger partial charge in [0.15, 0.2) is 17.2 Å². The van der Waals surface area contributed by atoms with E-state index < -0.39 is 128 Å². The van der Waals surface area contributed by atoms with Crippen molar-refractivity contribution in [3.63, 3.8) is 0 Å². The van der Waals surface area contributed by atoms with Crippen LogP contribution in [0.25, 0.3) is 11.1 Å². The van der Waals surface area contributed by atoms with Crippen molar-refractivity contribution < 1.29 is 79.4 Å². The number of nitrogens with zero attached hydrogens (tertiary/aromatic N) is 14. The molecule has 658 valence electrons. The van der Waals surface area contributed by atoms with Crippen molar-refractivity contribution in [2.24, 2.45) is 42.9 Å². The second-order valence-corrected chi connectivity index (χ2v) is 43.3. The van der Waals surface area contributed by atoms with E-state index in [2.05, 4.69) is 70.1 Å². The fourth-order valence-electron chi connectivity index (χ4n) is 13.7. The molecule has 5 aromatic carbocycles. The SMILES string of the molecule is CN1C[C@@](C)(c2cc(NC(=O)c3ccccn3)ccc2F)N=C(N)C(C)(C)S1(=O)=O.CN1C[C@@](C)(c2cc(NC(=O)c3cnsn3)ccc2F)N=C(N)C(C)(C)S1(=O)=O.Cc1nc(C(=O)Nc2ccc(F)c([C@]3(C)CN(C)S(=O)(=O)C(C)(C)C(N)=N3)c2)no1.Cc1nc2ccc(C(=O)Nc3ccc(F)c([C@]4(C)CN(C)S(=O)(=O)C(C)(C)C(N)=N4)c3)cc2o1. The molecule has 0 saturated carbocycles. The first kappa shape index (κ1) is 93.8. The topological polar surface area (TPSA) is 523 Å². The second kappa shape index (κ2) is 34.0. The van der Waals surface area contributed by atoms with E-state index >= 15 is 0 Å². The molecule has 9 aromatic rings. The minimum absolute atomic E-state index is 0.0762. The number of amides is 4. The Morgan fingerprint density at radius 3 is 1.09 bits per heavy atom. The van der Waals surface area contributed by atoms with Crippen LogP contribution in [-0.2, 0) is 62.2 Å². The van der Waals surface area contributed by atoms with Crippen molar-refractivity contribution in [1.29, 1.82) is 0 Å². The summed E-state index contributed by atoms with van der Waals surface area (Å²) in [6.45, 7) is 20.8. The Balaban J connectivity index is 0.000000172. The number of oxazole rings is 1. The number of carbonyl (C=O) groups is 4. The summed E-state index contributed by atoms with van der Waals surface area (Å²) < 4.78 is 179. The van der Waals surface area contributed by atoms with E-state index in [1.807, 2.05) is 0 Å². The summed E-state index contributed by atoms with van der Waals surface area (Å²) >= 11 is 0.894. The van der Waals surface area contributed by atoms with Gasteiger partial charge in [-0.1, -0.05) is 11.2 Å². The molecule has 0 aliphatic carbocycles. The van der Waals surface area contributed by atoms with E-state index in [1.54, 1.807) is 77.9 Å². The number of nitrogens with one attached hydrogen (secondary N) is 4. The highest BCUT2D eigenvalue weighted by Crippen LogP contribution is 2.42. The first-order chi connectivity index (χ1) is 56.8. The minimum Gasteiger partial charge on any atom is -0.441 e. The van der Waals surface area contributed by atoms with Gasteiger partial charge in [-0.3, -0.25) is 44.1 Å². The summed E-state index contributed by atoms with van der Waals surface area (Å²) in [6.07, 6.45) is 2.82. The van der Waals surface area contributed by atoms with E-state index in [0.717, 1.165) is 35.0 Å². The number of hydrogen-bond donors (Lipinski definition) is 8. The molecule has 36 nitrogen and oxygen atoms in total. The monoisotopic (exact) mass is 1800 g/mol. The van der Waals surface area contributed by atoms with Crippen molar-refractivity contribution in [3.05, 3.63) is 202 Å². The number of sulfonamides is 4. The number of amidine groups is 4. The normalized spacial score (nSPS) is 23.2. The molecular formula is C78H94F4N22O14S5. The number of nitrogens with two attached hydrogens (primary N) is 4. The number of aryl methyl sites for hydroxylation is 2. The van der Waals surface area contributed by atoms with Crippen molar-refractivity contribution in [3.8, 4) is 0 Å². The van der Waals surface area contributed by atoms with Gasteiger partial charge in [-0.2, -0.15) is 13.7 Å². The maximum absolute atomic E-state index is 15.0. The number of aliphatic imine (C=N–C) groups is 4. The van der Waals surface area contributed by atoms with Crippen LogP contribution in [0.4, 0.5) is 40.3 Å². The van der Waals surface area contributed by atoms with Crippen LogP contribution < -0.4 is 44.2 Å². The number of pyridine rings is 1. The molecule has 8 heterocycles. The highest BCUT2D eigenvalue weighted by molar-refractivity contribution is 7.92. The Morgan fingerprint density at radius 2 is 0.772 bits per heavy atom. The fourth-order valence-corrected chi connectivity index (χ4v) is 20.1. The van der Waals surface area contributed by atoms with Gasteiger partial charge in [-0.05, 0) is 186 Å². The summed E-state index contributed by atoms with van der Waals surface area (Å²) in [7, 11) is -9.64. The van der Waals surface area contributed by atoms with E-state index in [-0.39, 0.29) is 101 Å². The van der Waals surface area contributed by atoms with Crippen LogP contribution in [0, 0.1) is 37.1 Å². The number of anilines is 4. The molecule has 4 atom stereocenters. The summed E-state index contributed by atoms with van der Waals surface area (Å²) in [5, 5.41) is 14.1. The molecule has 0 radical (unpaired) electrons. The zero-order valence-electron chi connectivity index (χ0n) is 70.2. The fraction of sp³-hybridized carbons (Fsp3) is 0.385. The number of rotatable bonds is 12. The Bertz CT molecular complexity index is 6290. The summed E-state index contributed by atoms with van der Waals surface area (Å²) in [6, 6.07) is 25.8. The van der Waals surface area contributed by atoms with Gasteiger partial charge in [0.1, 0.15) is 99.0 Å². The second-order valence-electron chi connectivity index (χ2n) is 32.3. The number of hydrogen-bond acceptors (Lipinski definition) is 29. The Morgan fingerprint density at radius 1 is 0.431 bits per heavy atom. The van der Waals surface area contributed by atoms with E-state index in [1.165, 1.54) is 163 Å². The van der Waals surface area contributed by atoms with Gasteiger partial charge in [0, 0.05) is 125 Å². The molecule has 0 unspecified atom stereocenters. The zero-order chi connectivity index (χ0) is 91.5. The highest BCUT2D eigenvalue weighted by Gasteiger charge is 2.53. The van der Waals surface area contributed by atoms with E-state index in [9.17, 15) is 70.4 Å². The van der Waals surface area contributed by atoms with Crippen LogP contribution in [0.2, 0.25) is 0 Å². The predicted octanol–water partition coefficient (Wildman–Crippen LogP) is 8.20. The van der Waals surface area contributed by atoms with Crippen LogP contribution in [0.15, 0.2) is 150 Å². The van der Waals surface area contributed by atoms with Gasteiger partial charge in [0.2, 0.25) is 46.0 Å². The lowest BCUT2D eigenvalue weighted by Gasteiger charge is -2.29. The van der Waals surface area contributed by atoms with Crippen molar-refractivity contribution in [2.75, 3.05) is 75.6 Å². The quantitative estimate of drug-likeness (QED) is 0.0534. The van der Waals surface area contributed by atoms with Crippen molar-refractivity contribution >= 4 is 133 Å². The largest absolute Gasteiger partial charge is 0.441 e. The summed E-state index contributed by atoms with van der Waals surface area (Å²) in [5.74, 6) is -4.36. The Hall–Kier alpha value is -11.5. The van der Waals surface area contributed by atoms with Crippen LogP contribution in [0.3, 0.4) is 0 Å². The maximum Gasteiger partial charge on any atom is 0.297 e. The number of fused-ring (bicyclic) bond motifs is 1. The minimum atomic E-state index is -3.83. The van der Waals surface area contributed by atoms with Gasteiger partial charge in [-0.25, -0.2) is 73.4 Å². The standard InChI is InChI=1S/C23H26FN5O4S.C20H24FN5O3S.C18H23FN6O4S.C17H21FN6O3S2/c1-13-26-18-9-6-14(10-19(18)33-13)20(30)27-15-7-8-17(24)16(11-15)23(4)12-29(5)34(31,32)22(2,3)21(25)28-23;1-19(2)18(22)25-20(3,12-26(4)30(19,28)29)14-11-13(8-9-15(14)21)24-17(27)16-7-5-6-10-23-16;1-10-21-14(24-29-10)15(26)22-11-6-7-13(19)12(8-11)18(4)9-25(5)30(27,28)17(2,3)16(20)23-18;1-16(2)15(19)22-17(3,9-24(4)29(16,26)27)11-7-10(5-6-12(11)18)21-14(25)13-8-20-28-23-13/h6-11H,12H2,1-5H3,(H2,25,28)(H,27,30);5-11H,12H2,1-4H3,(H2,22,25)(H,24,27);6-8H,9H2,1-5H3,(H2,20,23)(H,22,26);5-8H,9H2,1-4H3,(H2,19,22)(H,21,25)/t23-;20-;18-;17-/m0000/s1. The molecule has 0 bridgehead atoms. The third-order valence-corrected chi connectivity index (χ3v) is 31.7.